The average Bonchev–Trinajstić information content (AvgIpc) is 3.03. The molecule has 0 unspecified atom stereocenters. The van der Waals surface area contributed by atoms with Gasteiger partial charge in [-0.3, -0.25) is 4.79 Å². The minimum atomic E-state index is 0.431. The van der Waals surface area contributed by atoms with Gasteiger partial charge in [-0.2, -0.15) is 0 Å². The molecule has 0 aromatic heterocycles. The number of carbonyl (C=O) groups excluding carboxylic acids is 1. The minimum Gasteiger partial charge on any atom is -0.468 e. The molecule has 0 aliphatic heterocycles. The molecule has 82 valence electrons. The molecule has 0 heterocycles. The Morgan fingerprint density at radius 3 is 2.67 bits per heavy atom. The van der Waals surface area contributed by atoms with Gasteiger partial charge in [-0.05, 0) is 43.4 Å². The zero-order valence-corrected chi connectivity index (χ0v) is 10.4. The van der Waals surface area contributed by atoms with Crippen molar-refractivity contribution in [3.63, 3.8) is 0 Å². The molecule has 3 heteroatoms. The number of hydrogen-bond donors (Lipinski definition) is 0. The highest BCUT2D eigenvalue weighted by Crippen LogP contribution is 2.40. The molecule has 1 aliphatic rings. The minimum absolute atomic E-state index is 0.431. The standard InChI is InChI=1S/C9H9Br.C3H6O2/c10-9-3-1-2-8(6-9)7-4-5-7;1-2-5-3-4/h1-3,6-7H,4-5H2;3H,2H2,1H3. The van der Waals surface area contributed by atoms with Gasteiger partial charge in [0, 0.05) is 4.47 Å². The van der Waals surface area contributed by atoms with Crippen molar-refractivity contribution in [1.29, 1.82) is 0 Å². The lowest BCUT2D eigenvalue weighted by atomic mass is 10.1. The van der Waals surface area contributed by atoms with Crippen molar-refractivity contribution in [3.8, 4) is 0 Å². The Bertz CT molecular complexity index is 308. The highest BCUT2D eigenvalue weighted by Gasteiger charge is 2.22. The first-order chi connectivity index (χ1) is 7.27. The number of ether oxygens (including phenoxy) is 1. The molecule has 0 atom stereocenters. The maximum atomic E-state index is 9.18. The molecule has 1 fully saturated rings. The third kappa shape index (κ3) is 4.98. The fraction of sp³-hybridized carbons (Fsp3) is 0.417. The van der Waals surface area contributed by atoms with E-state index in [1.807, 2.05) is 0 Å². The predicted octanol–water partition coefficient (Wildman–Crippen LogP) is 3.51. The van der Waals surface area contributed by atoms with Gasteiger partial charge in [-0.25, -0.2) is 0 Å². The molecule has 1 aromatic rings. The summed E-state index contributed by atoms with van der Waals surface area (Å²) in [6, 6.07) is 8.61. The van der Waals surface area contributed by atoms with Crippen LogP contribution >= 0.6 is 15.9 Å². The van der Waals surface area contributed by atoms with Crippen LogP contribution in [0.5, 0.6) is 0 Å². The number of hydrogen-bond acceptors (Lipinski definition) is 2. The third-order valence-corrected chi connectivity index (χ3v) is 2.63. The van der Waals surface area contributed by atoms with Crippen LogP contribution in [0.15, 0.2) is 28.7 Å². The Balaban J connectivity index is 0.000000195. The lowest BCUT2D eigenvalue weighted by Gasteiger charge is -1.96. The summed E-state index contributed by atoms with van der Waals surface area (Å²) in [5, 5.41) is 0. The van der Waals surface area contributed by atoms with E-state index in [4.69, 9.17) is 0 Å². The molecule has 2 rings (SSSR count). The smallest absolute Gasteiger partial charge is 0.293 e. The van der Waals surface area contributed by atoms with Crippen LogP contribution in [0.1, 0.15) is 31.2 Å². The molecule has 15 heavy (non-hydrogen) atoms. The normalized spacial score (nSPS) is 13.7. The Morgan fingerprint density at radius 2 is 2.27 bits per heavy atom. The van der Waals surface area contributed by atoms with Gasteiger partial charge in [-0.1, -0.05) is 28.1 Å². The van der Waals surface area contributed by atoms with E-state index in [1.54, 1.807) is 6.92 Å². The van der Waals surface area contributed by atoms with E-state index >= 15 is 0 Å². The summed E-state index contributed by atoms with van der Waals surface area (Å²) in [6.45, 7) is 2.66. The number of halogens is 1. The molecule has 0 saturated heterocycles. The van der Waals surface area contributed by atoms with Crippen LogP contribution in [-0.4, -0.2) is 13.1 Å². The highest BCUT2D eigenvalue weighted by molar-refractivity contribution is 9.10. The third-order valence-electron chi connectivity index (χ3n) is 2.13. The molecule has 0 bridgehead atoms. The van der Waals surface area contributed by atoms with E-state index in [0.29, 0.717) is 13.1 Å². The quantitative estimate of drug-likeness (QED) is 0.786. The highest BCUT2D eigenvalue weighted by atomic mass is 79.9. The van der Waals surface area contributed by atoms with Gasteiger partial charge in [0.25, 0.3) is 6.47 Å². The second kappa shape index (κ2) is 6.62. The summed E-state index contributed by atoms with van der Waals surface area (Å²) in [5.41, 5.74) is 1.49. The van der Waals surface area contributed by atoms with Gasteiger partial charge in [0.2, 0.25) is 0 Å². The molecular formula is C12H15BrO2. The second-order valence-corrected chi connectivity index (χ2v) is 4.30. The van der Waals surface area contributed by atoms with Crippen molar-refractivity contribution in [1.82, 2.24) is 0 Å². The average molecular weight is 271 g/mol. The Morgan fingerprint density at radius 1 is 1.53 bits per heavy atom. The summed E-state index contributed by atoms with van der Waals surface area (Å²) in [6.07, 6.45) is 2.77. The zero-order chi connectivity index (χ0) is 11.1. The lowest BCUT2D eigenvalue weighted by Crippen LogP contribution is -1.80. The van der Waals surface area contributed by atoms with Crippen LogP contribution < -0.4 is 0 Å². The maximum absolute atomic E-state index is 9.18. The largest absolute Gasteiger partial charge is 0.468 e. The van der Waals surface area contributed by atoms with Crippen molar-refractivity contribution < 1.29 is 9.53 Å². The summed E-state index contributed by atoms with van der Waals surface area (Å²) < 4.78 is 5.36. The van der Waals surface area contributed by atoms with E-state index < -0.39 is 0 Å². The molecule has 0 N–H and O–H groups in total. The maximum Gasteiger partial charge on any atom is 0.293 e. The van der Waals surface area contributed by atoms with Crippen LogP contribution in [0.25, 0.3) is 0 Å². The molecule has 1 aliphatic carbocycles. The number of rotatable bonds is 3. The lowest BCUT2D eigenvalue weighted by molar-refractivity contribution is -0.128. The predicted molar refractivity (Wildman–Crippen MR) is 63.8 cm³/mol. The van der Waals surface area contributed by atoms with E-state index in [0.717, 1.165) is 5.92 Å². The van der Waals surface area contributed by atoms with Crippen LogP contribution in [0, 0.1) is 0 Å². The van der Waals surface area contributed by atoms with Crippen LogP contribution in [-0.2, 0) is 9.53 Å². The first-order valence-electron chi connectivity index (χ1n) is 5.08. The van der Waals surface area contributed by atoms with E-state index in [-0.39, 0.29) is 0 Å². The number of carbonyl (C=O) groups is 1. The summed E-state index contributed by atoms with van der Waals surface area (Å²) in [4.78, 5) is 9.18. The topological polar surface area (TPSA) is 26.3 Å². The van der Waals surface area contributed by atoms with Crippen molar-refractivity contribution in [2.75, 3.05) is 6.61 Å². The number of benzene rings is 1. The van der Waals surface area contributed by atoms with Gasteiger partial charge in [0.15, 0.2) is 0 Å². The summed E-state index contributed by atoms with van der Waals surface area (Å²) in [7, 11) is 0. The van der Waals surface area contributed by atoms with Crippen molar-refractivity contribution in [2.24, 2.45) is 0 Å². The molecule has 2 nitrogen and oxygen atoms in total. The van der Waals surface area contributed by atoms with Crippen LogP contribution in [0.4, 0.5) is 0 Å². The molecule has 0 spiro atoms. The van der Waals surface area contributed by atoms with Crippen LogP contribution in [0.3, 0.4) is 0 Å². The van der Waals surface area contributed by atoms with Gasteiger partial charge >= 0.3 is 0 Å². The SMILES string of the molecule is Brc1cccc(C2CC2)c1.CCOC=O. The van der Waals surface area contributed by atoms with Crippen molar-refractivity contribution in [3.05, 3.63) is 34.3 Å². The van der Waals surface area contributed by atoms with E-state index in [9.17, 15) is 4.79 Å². The molecule has 1 aromatic carbocycles. The van der Waals surface area contributed by atoms with Gasteiger partial charge in [0.1, 0.15) is 0 Å². The second-order valence-electron chi connectivity index (χ2n) is 3.38. The fourth-order valence-corrected chi connectivity index (χ4v) is 1.66. The van der Waals surface area contributed by atoms with E-state index in [2.05, 4.69) is 44.9 Å². The Kier molecular flexibility index (Phi) is 5.40. The van der Waals surface area contributed by atoms with E-state index in [1.165, 1.54) is 22.9 Å². The molecule has 0 radical (unpaired) electrons. The van der Waals surface area contributed by atoms with Gasteiger partial charge in [0.05, 0.1) is 6.61 Å². The molecule has 1 saturated carbocycles. The van der Waals surface area contributed by atoms with Crippen LogP contribution in [0.2, 0.25) is 0 Å². The Labute approximate surface area is 98.8 Å². The van der Waals surface area contributed by atoms with Crippen molar-refractivity contribution >= 4 is 22.4 Å². The summed E-state index contributed by atoms with van der Waals surface area (Å²) >= 11 is 3.46. The fourth-order valence-electron chi connectivity index (χ4n) is 1.25. The zero-order valence-electron chi connectivity index (χ0n) is 8.78. The molecule has 0 amide bonds. The molecular weight excluding hydrogens is 256 g/mol. The van der Waals surface area contributed by atoms with Crippen molar-refractivity contribution in [2.45, 2.75) is 25.7 Å². The monoisotopic (exact) mass is 270 g/mol. The first-order valence-corrected chi connectivity index (χ1v) is 5.88. The summed E-state index contributed by atoms with van der Waals surface area (Å²) in [5.74, 6) is 0.873. The first kappa shape index (κ1) is 12.2. The van der Waals surface area contributed by atoms with Gasteiger partial charge < -0.3 is 4.74 Å². The van der Waals surface area contributed by atoms with Gasteiger partial charge in [-0.15, -0.1) is 0 Å². The Hall–Kier alpha value is -0.830.